The van der Waals surface area contributed by atoms with Gasteiger partial charge in [-0.3, -0.25) is 4.72 Å². The number of sulfonamides is 1. The molecule has 148 valence electrons. The van der Waals surface area contributed by atoms with Crippen LogP contribution in [0.25, 0.3) is 0 Å². The average molecular weight is 406 g/mol. The summed E-state index contributed by atoms with van der Waals surface area (Å²) < 4.78 is 79.8. The van der Waals surface area contributed by atoms with E-state index in [1.54, 1.807) is 38.1 Å². The van der Waals surface area contributed by atoms with E-state index in [-0.39, 0.29) is 12.2 Å². The first-order chi connectivity index (χ1) is 12.5. The van der Waals surface area contributed by atoms with Crippen LogP contribution in [0.5, 0.6) is 5.75 Å². The van der Waals surface area contributed by atoms with E-state index in [0.717, 1.165) is 17.7 Å². The molecule has 0 fully saturated rings. The third kappa shape index (κ3) is 6.31. The van der Waals surface area contributed by atoms with Crippen molar-refractivity contribution in [2.24, 2.45) is 0 Å². The van der Waals surface area contributed by atoms with Gasteiger partial charge in [-0.1, -0.05) is 12.1 Å². The molecule has 0 heterocycles. The molecule has 0 saturated heterocycles. The molecule has 0 bridgehead atoms. The fraction of sp³-hybridized carbons (Fsp3) is 0.294. The largest absolute Gasteiger partial charge is 0.573 e. The third-order valence-corrected chi connectivity index (χ3v) is 5.25. The van der Waals surface area contributed by atoms with Crippen LogP contribution in [0.3, 0.4) is 0 Å². The standard InChI is InChI=1S/C17H18F4N2O3S/c1-11(2)27(24,25)23-13-5-3-12(4-6-13)10-22-14-7-8-15(18)16(9-14)26-17(19,20)21/h3-9,11,22-23H,10H2,1-2H3. The first-order valence-electron chi connectivity index (χ1n) is 7.86. The van der Waals surface area contributed by atoms with E-state index in [0.29, 0.717) is 5.69 Å². The summed E-state index contributed by atoms with van der Waals surface area (Å²) in [5, 5.41) is 2.27. The average Bonchev–Trinajstić information content (AvgIpc) is 2.55. The number of benzene rings is 2. The van der Waals surface area contributed by atoms with Crippen molar-refractivity contribution in [1.82, 2.24) is 0 Å². The molecular formula is C17H18F4N2O3S. The molecule has 0 amide bonds. The molecule has 5 nitrogen and oxygen atoms in total. The fourth-order valence-electron chi connectivity index (χ4n) is 1.99. The topological polar surface area (TPSA) is 67.4 Å². The Balaban J connectivity index is 2.02. The molecule has 0 saturated carbocycles. The lowest BCUT2D eigenvalue weighted by molar-refractivity contribution is -0.275. The Hall–Kier alpha value is -2.49. The van der Waals surface area contributed by atoms with Crippen molar-refractivity contribution >= 4 is 21.4 Å². The third-order valence-electron chi connectivity index (χ3n) is 3.49. The number of halogens is 4. The second-order valence-electron chi connectivity index (χ2n) is 5.94. The van der Waals surface area contributed by atoms with Gasteiger partial charge < -0.3 is 10.1 Å². The minimum Gasteiger partial charge on any atom is -0.403 e. The summed E-state index contributed by atoms with van der Waals surface area (Å²) >= 11 is 0. The van der Waals surface area contributed by atoms with Gasteiger partial charge in [-0.15, -0.1) is 13.2 Å². The molecule has 0 radical (unpaired) electrons. The van der Waals surface area contributed by atoms with E-state index < -0.39 is 33.2 Å². The van der Waals surface area contributed by atoms with E-state index >= 15 is 0 Å². The zero-order valence-corrected chi connectivity index (χ0v) is 15.3. The quantitative estimate of drug-likeness (QED) is 0.665. The molecule has 0 aliphatic rings. The van der Waals surface area contributed by atoms with E-state index in [2.05, 4.69) is 14.8 Å². The molecular weight excluding hydrogens is 388 g/mol. The van der Waals surface area contributed by atoms with Crippen molar-refractivity contribution in [1.29, 1.82) is 0 Å². The molecule has 2 aromatic rings. The number of ether oxygens (including phenoxy) is 1. The van der Waals surface area contributed by atoms with Crippen molar-refractivity contribution in [3.05, 3.63) is 53.8 Å². The second-order valence-corrected chi connectivity index (χ2v) is 8.18. The molecule has 0 spiro atoms. The zero-order chi connectivity index (χ0) is 20.2. The molecule has 2 aromatic carbocycles. The number of hydrogen-bond acceptors (Lipinski definition) is 4. The van der Waals surface area contributed by atoms with Gasteiger partial charge in [-0.05, 0) is 43.7 Å². The van der Waals surface area contributed by atoms with Gasteiger partial charge in [0, 0.05) is 24.0 Å². The molecule has 0 aliphatic heterocycles. The maximum absolute atomic E-state index is 13.4. The fourth-order valence-corrected chi connectivity index (χ4v) is 2.69. The van der Waals surface area contributed by atoms with Crippen LogP contribution in [0.4, 0.5) is 28.9 Å². The van der Waals surface area contributed by atoms with Gasteiger partial charge >= 0.3 is 6.36 Å². The smallest absolute Gasteiger partial charge is 0.403 e. The molecule has 0 unspecified atom stereocenters. The lowest BCUT2D eigenvalue weighted by atomic mass is 10.2. The van der Waals surface area contributed by atoms with E-state index in [1.807, 2.05) is 0 Å². The van der Waals surface area contributed by atoms with Crippen LogP contribution in [-0.4, -0.2) is 20.0 Å². The van der Waals surface area contributed by atoms with E-state index in [1.165, 1.54) is 6.07 Å². The van der Waals surface area contributed by atoms with Crippen LogP contribution in [0, 0.1) is 5.82 Å². The minimum absolute atomic E-state index is 0.230. The summed E-state index contributed by atoms with van der Waals surface area (Å²) in [6.45, 7) is 3.34. The summed E-state index contributed by atoms with van der Waals surface area (Å²) in [6, 6.07) is 9.51. The summed E-state index contributed by atoms with van der Waals surface area (Å²) in [6.07, 6.45) is -4.99. The Morgan fingerprint density at radius 1 is 1.04 bits per heavy atom. The minimum atomic E-state index is -4.99. The summed E-state index contributed by atoms with van der Waals surface area (Å²) in [7, 11) is -3.45. The Kier molecular flexibility index (Phi) is 6.19. The normalized spacial score (nSPS) is 12.1. The maximum Gasteiger partial charge on any atom is 0.573 e. The first-order valence-corrected chi connectivity index (χ1v) is 9.40. The van der Waals surface area contributed by atoms with Crippen molar-refractivity contribution in [2.45, 2.75) is 32.0 Å². The molecule has 0 atom stereocenters. The SMILES string of the molecule is CC(C)S(=O)(=O)Nc1ccc(CNc2ccc(F)c(OC(F)(F)F)c2)cc1. The predicted molar refractivity (Wildman–Crippen MR) is 94.5 cm³/mol. The number of anilines is 2. The second kappa shape index (κ2) is 8.03. The summed E-state index contributed by atoms with van der Waals surface area (Å²) in [5.41, 5.74) is 1.38. The van der Waals surface area contributed by atoms with E-state index in [4.69, 9.17) is 0 Å². The van der Waals surface area contributed by atoms with Crippen LogP contribution >= 0.6 is 0 Å². The van der Waals surface area contributed by atoms with Gasteiger partial charge in [-0.2, -0.15) is 0 Å². The predicted octanol–water partition coefficient (Wildman–Crippen LogP) is 4.49. The Morgan fingerprint density at radius 3 is 2.19 bits per heavy atom. The monoisotopic (exact) mass is 406 g/mol. The number of hydrogen-bond donors (Lipinski definition) is 2. The van der Waals surface area contributed by atoms with Crippen LogP contribution in [0.1, 0.15) is 19.4 Å². The van der Waals surface area contributed by atoms with Crippen LogP contribution < -0.4 is 14.8 Å². The zero-order valence-electron chi connectivity index (χ0n) is 14.5. The van der Waals surface area contributed by atoms with Crippen LogP contribution in [0.2, 0.25) is 0 Å². The lowest BCUT2D eigenvalue weighted by Gasteiger charge is -2.13. The molecule has 0 aromatic heterocycles. The molecule has 0 aliphatic carbocycles. The molecule has 10 heteroatoms. The Bertz CT molecular complexity index is 882. The first kappa shape index (κ1) is 20.8. The van der Waals surface area contributed by atoms with Crippen molar-refractivity contribution in [3.8, 4) is 5.75 Å². The van der Waals surface area contributed by atoms with Gasteiger partial charge in [0.25, 0.3) is 0 Å². The Morgan fingerprint density at radius 2 is 1.63 bits per heavy atom. The van der Waals surface area contributed by atoms with Crippen LogP contribution in [-0.2, 0) is 16.6 Å². The van der Waals surface area contributed by atoms with Crippen molar-refractivity contribution < 1.29 is 30.7 Å². The number of rotatable bonds is 7. The molecule has 27 heavy (non-hydrogen) atoms. The highest BCUT2D eigenvalue weighted by Crippen LogP contribution is 2.28. The highest BCUT2D eigenvalue weighted by molar-refractivity contribution is 7.93. The maximum atomic E-state index is 13.4. The van der Waals surface area contributed by atoms with Crippen molar-refractivity contribution in [3.63, 3.8) is 0 Å². The highest BCUT2D eigenvalue weighted by Gasteiger charge is 2.32. The van der Waals surface area contributed by atoms with Gasteiger partial charge in [0.2, 0.25) is 10.0 Å². The Labute approximate surface area is 154 Å². The summed E-state index contributed by atoms with van der Waals surface area (Å²) in [4.78, 5) is 0. The molecule has 2 rings (SSSR count). The van der Waals surface area contributed by atoms with Gasteiger partial charge in [0.05, 0.1) is 5.25 Å². The van der Waals surface area contributed by atoms with E-state index in [9.17, 15) is 26.0 Å². The van der Waals surface area contributed by atoms with Crippen LogP contribution in [0.15, 0.2) is 42.5 Å². The van der Waals surface area contributed by atoms with Crippen molar-refractivity contribution in [2.75, 3.05) is 10.0 Å². The van der Waals surface area contributed by atoms with Gasteiger partial charge in [-0.25, -0.2) is 12.8 Å². The molecule has 2 N–H and O–H groups in total. The highest BCUT2D eigenvalue weighted by atomic mass is 32.2. The lowest BCUT2D eigenvalue weighted by Crippen LogP contribution is -2.22. The van der Waals surface area contributed by atoms with Gasteiger partial charge in [0.1, 0.15) is 0 Å². The number of nitrogens with one attached hydrogen (secondary N) is 2. The summed E-state index contributed by atoms with van der Waals surface area (Å²) in [5.74, 6) is -2.05. The number of alkyl halides is 3. The van der Waals surface area contributed by atoms with Gasteiger partial charge in [0.15, 0.2) is 11.6 Å².